The van der Waals surface area contributed by atoms with Crippen molar-refractivity contribution in [1.29, 1.82) is 0 Å². The van der Waals surface area contributed by atoms with Crippen LogP contribution in [-0.4, -0.2) is 48.1 Å². The Labute approximate surface area is 193 Å². The number of nitrogens with zero attached hydrogens (tertiary/aromatic N) is 3. The third-order valence-electron chi connectivity index (χ3n) is 7.08. The Hall–Kier alpha value is -2.88. The van der Waals surface area contributed by atoms with E-state index in [4.69, 9.17) is 0 Å². The van der Waals surface area contributed by atoms with Crippen LogP contribution in [0.15, 0.2) is 23.4 Å². The van der Waals surface area contributed by atoms with E-state index in [0.717, 1.165) is 55.3 Å². The second-order valence-corrected chi connectivity index (χ2v) is 10.8. The van der Waals surface area contributed by atoms with Crippen LogP contribution in [0.1, 0.15) is 60.9 Å². The van der Waals surface area contributed by atoms with E-state index in [-0.39, 0.29) is 17.0 Å². The van der Waals surface area contributed by atoms with Crippen LogP contribution in [-0.2, 0) is 40.5 Å². The lowest BCUT2D eigenvalue weighted by atomic mass is 9.99. The number of aryl methyl sites for hydroxylation is 2. The first-order valence-electron chi connectivity index (χ1n) is 11.6. The van der Waals surface area contributed by atoms with E-state index in [1.165, 1.54) is 17.2 Å². The highest BCUT2D eigenvalue weighted by atomic mass is 32.2. The van der Waals surface area contributed by atoms with Gasteiger partial charge in [-0.25, -0.2) is 9.52 Å². The Morgan fingerprint density at radius 3 is 2.27 bits per heavy atom. The van der Waals surface area contributed by atoms with E-state index >= 15 is 0 Å². The Kier molecular flexibility index (Phi) is 5.64. The summed E-state index contributed by atoms with van der Waals surface area (Å²) in [7, 11) is -4.11. The summed E-state index contributed by atoms with van der Waals surface area (Å²) in [5, 5.41) is 6.90. The van der Waals surface area contributed by atoms with Crippen LogP contribution in [0.5, 0.6) is 0 Å². The number of anilines is 1. The van der Waals surface area contributed by atoms with Crippen molar-refractivity contribution in [2.24, 2.45) is 0 Å². The zero-order chi connectivity index (χ0) is 23.2. The normalized spacial score (nSPS) is 18.2. The summed E-state index contributed by atoms with van der Waals surface area (Å²) in [6, 6.07) is 2.93. The molecule has 3 aliphatic rings. The molecule has 2 N–H and O–H groups in total. The molecule has 0 unspecified atom stereocenters. The zero-order valence-corrected chi connectivity index (χ0v) is 19.6. The molecule has 0 bridgehead atoms. The number of amides is 3. The van der Waals surface area contributed by atoms with Gasteiger partial charge in [0, 0.05) is 31.9 Å². The molecule has 3 amide bonds. The van der Waals surface area contributed by atoms with E-state index in [1.54, 1.807) is 22.7 Å². The van der Waals surface area contributed by atoms with Gasteiger partial charge in [0.2, 0.25) is 5.91 Å². The molecule has 0 saturated carbocycles. The van der Waals surface area contributed by atoms with Crippen molar-refractivity contribution in [1.82, 2.24) is 19.4 Å². The number of piperidine rings is 1. The van der Waals surface area contributed by atoms with Crippen LogP contribution in [0, 0.1) is 0 Å². The number of hydrogen-bond donors (Lipinski definition) is 2. The van der Waals surface area contributed by atoms with Crippen molar-refractivity contribution >= 4 is 27.6 Å². The smallest absolute Gasteiger partial charge is 0.333 e. The van der Waals surface area contributed by atoms with Gasteiger partial charge < -0.3 is 10.2 Å². The van der Waals surface area contributed by atoms with Crippen LogP contribution in [0.4, 0.5) is 10.5 Å². The first-order valence-corrected chi connectivity index (χ1v) is 13.1. The van der Waals surface area contributed by atoms with Crippen LogP contribution in [0.3, 0.4) is 0 Å². The number of carbonyl (C=O) groups is 2. The lowest BCUT2D eigenvalue weighted by Gasteiger charge is -2.31. The van der Waals surface area contributed by atoms with Gasteiger partial charge in [0.15, 0.2) is 5.03 Å². The number of likely N-dealkylation sites (tertiary alicyclic amines) is 1. The Bertz CT molecular complexity index is 1180. The van der Waals surface area contributed by atoms with Crippen LogP contribution in [0.2, 0.25) is 0 Å². The fourth-order valence-corrected chi connectivity index (χ4v) is 6.23. The first kappa shape index (κ1) is 21.9. The van der Waals surface area contributed by atoms with Crippen molar-refractivity contribution < 1.29 is 18.0 Å². The van der Waals surface area contributed by atoms with Crippen molar-refractivity contribution in [3.63, 3.8) is 0 Å². The summed E-state index contributed by atoms with van der Waals surface area (Å²) in [6.07, 6.45) is 8.94. The number of nitrogens with one attached hydrogen (secondary N) is 2. The topological polar surface area (TPSA) is 113 Å². The third kappa shape index (κ3) is 4.23. The number of fused-ring (bicyclic) bond motifs is 2. The summed E-state index contributed by atoms with van der Waals surface area (Å²) in [6.45, 7) is 2.79. The molecule has 1 fully saturated rings. The highest BCUT2D eigenvalue weighted by Gasteiger charge is 2.28. The predicted octanol–water partition coefficient (Wildman–Crippen LogP) is 2.55. The van der Waals surface area contributed by atoms with Gasteiger partial charge in [-0.15, -0.1) is 0 Å². The van der Waals surface area contributed by atoms with Crippen molar-refractivity contribution in [2.45, 2.75) is 69.4 Å². The summed E-state index contributed by atoms with van der Waals surface area (Å²) < 4.78 is 29.4. The molecular weight excluding hydrogens is 442 g/mol. The van der Waals surface area contributed by atoms with E-state index in [1.807, 2.05) is 0 Å². The van der Waals surface area contributed by atoms with Crippen LogP contribution >= 0.6 is 0 Å². The van der Waals surface area contributed by atoms with Gasteiger partial charge in [0.25, 0.3) is 10.0 Å². The molecule has 176 valence electrons. The maximum absolute atomic E-state index is 12.8. The maximum Gasteiger partial charge on any atom is 0.333 e. The number of benzene rings is 1. The van der Waals surface area contributed by atoms with Crippen molar-refractivity contribution in [3.8, 4) is 0 Å². The van der Waals surface area contributed by atoms with E-state index in [0.29, 0.717) is 25.9 Å². The summed E-state index contributed by atoms with van der Waals surface area (Å²) in [4.78, 5) is 26.0. The van der Waals surface area contributed by atoms with Gasteiger partial charge in [-0.2, -0.15) is 13.5 Å². The molecule has 1 aromatic heterocycles. The minimum Gasteiger partial charge on any atom is -0.343 e. The van der Waals surface area contributed by atoms with Crippen LogP contribution in [0.25, 0.3) is 0 Å². The SMILES string of the molecule is CC(=O)N1CCC(n2ccc(S(=O)(=O)NC(=O)Nc3c4c(cc5c3CCC5)CCC4)n2)CC1. The van der Waals surface area contributed by atoms with Gasteiger partial charge in [-0.1, -0.05) is 6.07 Å². The quantitative estimate of drug-likeness (QED) is 0.712. The second kappa shape index (κ2) is 8.48. The molecule has 2 heterocycles. The van der Waals surface area contributed by atoms with Gasteiger partial charge in [-0.3, -0.25) is 9.48 Å². The van der Waals surface area contributed by atoms with Crippen molar-refractivity contribution in [3.05, 3.63) is 40.6 Å². The molecule has 0 atom stereocenters. The van der Waals surface area contributed by atoms with E-state index < -0.39 is 16.1 Å². The summed E-state index contributed by atoms with van der Waals surface area (Å²) in [5.41, 5.74) is 5.62. The van der Waals surface area contributed by atoms with E-state index in [9.17, 15) is 18.0 Å². The molecule has 0 spiro atoms. The molecule has 10 heteroatoms. The fourth-order valence-electron chi connectivity index (χ4n) is 5.39. The lowest BCUT2D eigenvalue weighted by Crippen LogP contribution is -2.38. The Balaban J connectivity index is 1.28. The standard InChI is InChI=1S/C23H29N5O4S/c1-15(29)27-11-8-18(9-12-27)28-13-10-21(25-28)33(31,32)26-23(30)24-22-19-6-2-4-16(19)14-17-5-3-7-20(17)22/h10,13-14,18H,2-9,11-12H2,1H3,(H2,24,26,30). The molecular formula is C23H29N5O4S. The lowest BCUT2D eigenvalue weighted by molar-refractivity contribution is -0.130. The van der Waals surface area contributed by atoms with Gasteiger partial charge >= 0.3 is 6.03 Å². The third-order valence-corrected chi connectivity index (χ3v) is 8.30. The number of urea groups is 1. The second-order valence-electron chi connectivity index (χ2n) is 9.16. The zero-order valence-electron chi connectivity index (χ0n) is 18.8. The Morgan fingerprint density at radius 2 is 1.67 bits per heavy atom. The number of carbonyl (C=O) groups excluding carboxylic acids is 2. The minimum absolute atomic E-state index is 0.0212. The molecule has 2 aliphatic carbocycles. The van der Waals surface area contributed by atoms with Gasteiger partial charge in [-0.05, 0) is 79.7 Å². The first-order chi connectivity index (χ1) is 15.8. The molecule has 5 rings (SSSR count). The number of rotatable bonds is 4. The summed E-state index contributed by atoms with van der Waals surface area (Å²) >= 11 is 0. The minimum atomic E-state index is -4.11. The number of sulfonamides is 1. The average molecular weight is 472 g/mol. The number of hydrogen-bond acceptors (Lipinski definition) is 5. The van der Waals surface area contributed by atoms with Gasteiger partial charge in [0.1, 0.15) is 0 Å². The monoisotopic (exact) mass is 471 g/mol. The molecule has 1 aliphatic heterocycles. The number of aromatic nitrogens is 2. The molecule has 1 saturated heterocycles. The molecule has 2 aromatic rings. The molecule has 9 nitrogen and oxygen atoms in total. The highest BCUT2D eigenvalue weighted by Crippen LogP contribution is 2.38. The maximum atomic E-state index is 12.8. The van der Waals surface area contributed by atoms with E-state index in [2.05, 4.69) is 21.2 Å². The largest absolute Gasteiger partial charge is 0.343 e. The highest BCUT2D eigenvalue weighted by molar-refractivity contribution is 7.90. The summed E-state index contributed by atoms with van der Waals surface area (Å²) in [5.74, 6) is 0.0436. The molecule has 0 radical (unpaired) electrons. The average Bonchev–Trinajstić information content (AvgIpc) is 3.53. The fraction of sp³-hybridized carbons (Fsp3) is 0.522. The Morgan fingerprint density at radius 1 is 1.03 bits per heavy atom. The predicted molar refractivity (Wildman–Crippen MR) is 123 cm³/mol. The van der Waals surface area contributed by atoms with Gasteiger partial charge in [0.05, 0.1) is 6.04 Å². The molecule has 1 aromatic carbocycles. The van der Waals surface area contributed by atoms with Crippen molar-refractivity contribution in [2.75, 3.05) is 18.4 Å². The molecule has 33 heavy (non-hydrogen) atoms. The van der Waals surface area contributed by atoms with Crippen LogP contribution < -0.4 is 10.0 Å².